The van der Waals surface area contributed by atoms with E-state index in [0.29, 0.717) is 12.1 Å². The molecule has 1 N–H and O–H groups in total. The lowest BCUT2D eigenvalue weighted by Gasteiger charge is -2.22. The number of benzene rings is 1. The van der Waals surface area contributed by atoms with E-state index in [0.717, 1.165) is 12.8 Å². The van der Waals surface area contributed by atoms with Crippen LogP contribution in [0.4, 0.5) is 0 Å². The second kappa shape index (κ2) is 7.50. The summed E-state index contributed by atoms with van der Waals surface area (Å²) >= 11 is 0. The van der Waals surface area contributed by atoms with Gasteiger partial charge in [-0.1, -0.05) is 51.5 Å². The van der Waals surface area contributed by atoms with Gasteiger partial charge in [-0.3, -0.25) is 0 Å². The standard InChI is InChI=1S/C16H27N/c1-5-8-13(4)17-16(7-3)15-11-9-14(6-2)10-12-15/h9-13,16-17H,5-8H2,1-4H3. The van der Waals surface area contributed by atoms with E-state index in [1.54, 1.807) is 0 Å². The second-order valence-corrected chi connectivity index (χ2v) is 4.91. The molecule has 1 aromatic carbocycles. The Hall–Kier alpha value is -0.820. The molecule has 0 radical (unpaired) electrons. The molecule has 1 heteroatoms. The number of hydrogen-bond donors (Lipinski definition) is 1. The average Bonchev–Trinajstić information content (AvgIpc) is 2.36. The third-order valence-electron chi connectivity index (χ3n) is 3.41. The van der Waals surface area contributed by atoms with Gasteiger partial charge in [-0.2, -0.15) is 0 Å². The summed E-state index contributed by atoms with van der Waals surface area (Å²) in [5.41, 5.74) is 2.85. The molecule has 0 bridgehead atoms. The molecule has 17 heavy (non-hydrogen) atoms. The Labute approximate surface area is 107 Å². The van der Waals surface area contributed by atoms with Gasteiger partial charge in [0.2, 0.25) is 0 Å². The molecule has 1 rings (SSSR count). The van der Waals surface area contributed by atoms with Crippen LogP contribution < -0.4 is 5.32 Å². The van der Waals surface area contributed by atoms with Crippen LogP contribution in [0.15, 0.2) is 24.3 Å². The van der Waals surface area contributed by atoms with Gasteiger partial charge >= 0.3 is 0 Å². The average molecular weight is 233 g/mol. The third kappa shape index (κ3) is 4.51. The van der Waals surface area contributed by atoms with Gasteiger partial charge in [-0.15, -0.1) is 0 Å². The number of aryl methyl sites for hydroxylation is 1. The van der Waals surface area contributed by atoms with Crippen LogP contribution in [0, 0.1) is 0 Å². The van der Waals surface area contributed by atoms with Crippen LogP contribution in [0.3, 0.4) is 0 Å². The van der Waals surface area contributed by atoms with Gasteiger partial charge in [-0.25, -0.2) is 0 Å². The molecule has 0 heterocycles. The molecular weight excluding hydrogens is 206 g/mol. The van der Waals surface area contributed by atoms with Crippen molar-refractivity contribution in [2.75, 3.05) is 0 Å². The van der Waals surface area contributed by atoms with Crippen molar-refractivity contribution in [1.29, 1.82) is 0 Å². The van der Waals surface area contributed by atoms with Gasteiger partial charge in [0, 0.05) is 12.1 Å². The van der Waals surface area contributed by atoms with Gasteiger partial charge in [0.15, 0.2) is 0 Å². The lowest BCUT2D eigenvalue weighted by molar-refractivity contribution is 0.424. The highest BCUT2D eigenvalue weighted by Gasteiger charge is 2.11. The van der Waals surface area contributed by atoms with Crippen molar-refractivity contribution < 1.29 is 0 Å². The molecule has 0 aliphatic heterocycles. The van der Waals surface area contributed by atoms with Crippen LogP contribution in [0.1, 0.15) is 64.1 Å². The molecule has 96 valence electrons. The van der Waals surface area contributed by atoms with Crippen molar-refractivity contribution >= 4 is 0 Å². The molecule has 0 fully saturated rings. The van der Waals surface area contributed by atoms with E-state index in [4.69, 9.17) is 0 Å². The minimum Gasteiger partial charge on any atom is -0.307 e. The fourth-order valence-corrected chi connectivity index (χ4v) is 2.30. The third-order valence-corrected chi connectivity index (χ3v) is 3.41. The zero-order valence-electron chi connectivity index (χ0n) is 11.8. The molecule has 1 aromatic rings. The molecule has 0 aliphatic rings. The molecule has 0 aromatic heterocycles. The molecule has 0 aliphatic carbocycles. The Balaban J connectivity index is 2.65. The first-order valence-corrected chi connectivity index (χ1v) is 7.06. The number of rotatable bonds is 7. The summed E-state index contributed by atoms with van der Waals surface area (Å²) in [6, 6.07) is 10.2. The Morgan fingerprint density at radius 1 is 1.06 bits per heavy atom. The Morgan fingerprint density at radius 2 is 1.71 bits per heavy atom. The minimum atomic E-state index is 0.502. The Bertz CT molecular complexity index is 302. The fourth-order valence-electron chi connectivity index (χ4n) is 2.30. The van der Waals surface area contributed by atoms with E-state index in [-0.39, 0.29) is 0 Å². The van der Waals surface area contributed by atoms with E-state index < -0.39 is 0 Å². The van der Waals surface area contributed by atoms with Gasteiger partial charge < -0.3 is 5.32 Å². The maximum absolute atomic E-state index is 3.72. The van der Waals surface area contributed by atoms with E-state index in [1.807, 2.05) is 0 Å². The van der Waals surface area contributed by atoms with Crippen molar-refractivity contribution in [1.82, 2.24) is 5.32 Å². The topological polar surface area (TPSA) is 12.0 Å². The van der Waals surface area contributed by atoms with Crippen molar-refractivity contribution in [2.45, 2.75) is 65.5 Å². The summed E-state index contributed by atoms with van der Waals surface area (Å²) in [4.78, 5) is 0. The minimum absolute atomic E-state index is 0.502. The molecule has 0 saturated carbocycles. The number of hydrogen-bond acceptors (Lipinski definition) is 1. The van der Waals surface area contributed by atoms with Gasteiger partial charge in [0.05, 0.1) is 0 Å². The fraction of sp³-hybridized carbons (Fsp3) is 0.625. The zero-order valence-corrected chi connectivity index (χ0v) is 11.8. The highest BCUT2D eigenvalue weighted by molar-refractivity contribution is 5.25. The van der Waals surface area contributed by atoms with Crippen LogP contribution in [0.2, 0.25) is 0 Å². The Kier molecular flexibility index (Phi) is 6.28. The molecule has 0 spiro atoms. The quantitative estimate of drug-likeness (QED) is 0.732. The predicted molar refractivity (Wildman–Crippen MR) is 76.4 cm³/mol. The summed E-state index contributed by atoms with van der Waals surface area (Å²) in [5, 5.41) is 3.72. The second-order valence-electron chi connectivity index (χ2n) is 4.91. The van der Waals surface area contributed by atoms with Gasteiger partial charge in [0.1, 0.15) is 0 Å². The first-order chi connectivity index (χ1) is 8.21. The highest BCUT2D eigenvalue weighted by atomic mass is 14.9. The molecular formula is C16H27N. The van der Waals surface area contributed by atoms with E-state index in [2.05, 4.69) is 57.3 Å². The van der Waals surface area contributed by atoms with Crippen molar-refractivity contribution in [3.05, 3.63) is 35.4 Å². The smallest absolute Gasteiger partial charge is 0.0319 e. The maximum Gasteiger partial charge on any atom is 0.0319 e. The van der Waals surface area contributed by atoms with E-state index in [1.165, 1.54) is 24.0 Å². The molecule has 1 nitrogen and oxygen atoms in total. The van der Waals surface area contributed by atoms with Crippen molar-refractivity contribution in [3.8, 4) is 0 Å². The van der Waals surface area contributed by atoms with Crippen LogP contribution >= 0.6 is 0 Å². The van der Waals surface area contributed by atoms with Crippen LogP contribution in [0.25, 0.3) is 0 Å². The van der Waals surface area contributed by atoms with E-state index in [9.17, 15) is 0 Å². The molecule has 0 amide bonds. The lowest BCUT2D eigenvalue weighted by Crippen LogP contribution is -2.30. The van der Waals surface area contributed by atoms with Crippen LogP contribution in [0.5, 0.6) is 0 Å². The zero-order chi connectivity index (χ0) is 12.7. The van der Waals surface area contributed by atoms with Gasteiger partial charge in [-0.05, 0) is 37.3 Å². The Morgan fingerprint density at radius 3 is 2.18 bits per heavy atom. The molecule has 2 unspecified atom stereocenters. The van der Waals surface area contributed by atoms with Crippen LogP contribution in [-0.2, 0) is 6.42 Å². The highest BCUT2D eigenvalue weighted by Crippen LogP contribution is 2.18. The summed E-state index contributed by atoms with van der Waals surface area (Å²) in [6.07, 6.45) is 4.78. The SMILES string of the molecule is CCCC(C)NC(CC)c1ccc(CC)cc1. The van der Waals surface area contributed by atoms with Crippen LogP contribution in [-0.4, -0.2) is 6.04 Å². The van der Waals surface area contributed by atoms with E-state index >= 15 is 0 Å². The molecule has 0 saturated heterocycles. The van der Waals surface area contributed by atoms with Crippen molar-refractivity contribution in [3.63, 3.8) is 0 Å². The predicted octanol–water partition coefficient (Wildman–Crippen LogP) is 4.48. The maximum atomic E-state index is 3.72. The van der Waals surface area contributed by atoms with Crippen molar-refractivity contribution in [2.24, 2.45) is 0 Å². The summed E-state index contributed by atoms with van der Waals surface area (Å²) in [6.45, 7) is 8.99. The number of nitrogens with one attached hydrogen (secondary N) is 1. The monoisotopic (exact) mass is 233 g/mol. The largest absolute Gasteiger partial charge is 0.307 e. The van der Waals surface area contributed by atoms with Gasteiger partial charge in [0.25, 0.3) is 0 Å². The lowest BCUT2D eigenvalue weighted by atomic mass is 10.0. The summed E-state index contributed by atoms with van der Waals surface area (Å²) in [7, 11) is 0. The summed E-state index contributed by atoms with van der Waals surface area (Å²) < 4.78 is 0. The summed E-state index contributed by atoms with van der Waals surface area (Å²) in [5.74, 6) is 0. The first kappa shape index (κ1) is 14.2. The normalized spacial score (nSPS) is 14.6. The first-order valence-electron chi connectivity index (χ1n) is 7.06. The molecule has 2 atom stereocenters.